The van der Waals surface area contributed by atoms with Crippen molar-refractivity contribution in [3.05, 3.63) is 29.1 Å². The van der Waals surface area contributed by atoms with Crippen LogP contribution in [0.5, 0.6) is 5.75 Å². The molecule has 0 saturated heterocycles. The summed E-state index contributed by atoms with van der Waals surface area (Å²) in [4.78, 5) is 0. The van der Waals surface area contributed by atoms with Crippen molar-refractivity contribution in [3.63, 3.8) is 0 Å². The Morgan fingerprint density at radius 1 is 1.29 bits per heavy atom. The molecular weight excluding hydrogens is 230 g/mol. The van der Waals surface area contributed by atoms with Crippen LogP contribution in [0, 0.1) is 0 Å². The van der Waals surface area contributed by atoms with Crippen molar-refractivity contribution in [2.45, 2.75) is 38.3 Å². The van der Waals surface area contributed by atoms with Gasteiger partial charge in [-0.2, -0.15) is 0 Å². The highest BCUT2D eigenvalue weighted by atomic mass is 32.1. The molecule has 0 radical (unpaired) electrons. The number of aromatic hydroxyl groups is 1. The van der Waals surface area contributed by atoms with Crippen molar-refractivity contribution in [2.24, 2.45) is 0 Å². The number of phenolic OH excluding ortho intramolecular Hbond substituents is 1. The number of phenols is 1. The van der Waals surface area contributed by atoms with Crippen molar-refractivity contribution >= 4 is 21.4 Å². The van der Waals surface area contributed by atoms with Gasteiger partial charge in [0.05, 0.1) is 0 Å². The zero-order valence-electron chi connectivity index (χ0n) is 9.78. The summed E-state index contributed by atoms with van der Waals surface area (Å²) in [6, 6.07) is 6.35. The van der Waals surface area contributed by atoms with Crippen LogP contribution in [-0.2, 0) is 6.54 Å². The van der Waals surface area contributed by atoms with Crippen LogP contribution in [0.25, 0.3) is 10.1 Å². The molecule has 0 atom stereocenters. The second-order valence-corrected chi connectivity index (χ2v) is 5.71. The lowest BCUT2D eigenvalue weighted by Crippen LogP contribution is -2.25. The minimum atomic E-state index is 0.356. The van der Waals surface area contributed by atoms with Gasteiger partial charge in [-0.3, -0.25) is 0 Å². The third kappa shape index (κ3) is 2.31. The van der Waals surface area contributed by atoms with E-state index in [2.05, 4.69) is 10.7 Å². The molecule has 0 amide bonds. The Balaban J connectivity index is 1.76. The lowest BCUT2D eigenvalue weighted by Gasteiger charge is -2.10. The predicted molar refractivity (Wildman–Crippen MR) is 72.6 cm³/mol. The molecule has 3 rings (SSSR count). The molecule has 1 heterocycles. The van der Waals surface area contributed by atoms with Crippen LogP contribution < -0.4 is 5.32 Å². The fourth-order valence-electron chi connectivity index (χ4n) is 2.59. The molecule has 0 unspecified atom stereocenters. The molecule has 1 aromatic heterocycles. The average molecular weight is 247 g/mol. The fourth-order valence-corrected chi connectivity index (χ4v) is 3.59. The minimum absolute atomic E-state index is 0.356. The van der Waals surface area contributed by atoms with Gasteiger partial charge in [-0.25, -0.2) is 0 Å². The van der Waals surface area contributed by atoms with Crippen LogP contribution in [0.1, 0.15) is 31.2 Å². The maximum absolute atomic E-state index is 9.43. The maximum Gasteiger partial charge on any atom is 0.117 e. The molecule has 1 saturated carbocycles. The van der Waals surface area contributed by atoms with Crippen LogP contribution >= 0.6 is 11.3 Å². The number of rotatable bonds is 3. The third-order valence-electron chi connectivity index (χ3n) is 3.58. The van der Waals surface area contributed by atoms with Gasteiger partial charge >= 0.3 is 0 Å². The normalized spacial score (nSPS) is 16.9. The van der Waals surface area contributed by atoms with E-state index in [0.29, 0.717) is 11.8 Å². The van der Waals surface area contributed by atoms with Crippen LogP contribution in [0.15, 0.2) is 23.6 Å². The van der Waals surface area contributed by atoms with E-state index >= 15 is 0 Å². The number of hydrogen-bond acceptors (Lipinski definition) is 3. The minimum Gasteiger partial charge on any atom is -0.508 e. The van der Waals surface area contributed by atoms with E-state index in [4.69, 9.17) is 0 Å². The number of benzene rings is 1. The van der Waals surface area contributed by atoms with Gasteiger partial charge in [0.2, 0.25) is 0 Å². The van der Waals surface area contributed by atoms with Gasteiger partial charge in [-0.15, -0.1) is 11.3 Å². The van der Waals surface area contributed by atoms with Crippen LogP contribution in [-0.4, -0.2) is 11.1 Å². The Labute approximate surface area is 105 Å². The average Bonchev–Trinajstić information content (AvgIpc) is 2.94. The smallest absolute Gasteiger partial charge is 0.117 e. The second-order valence-electron chi connectivity index (χ2n) is 4.80. The zero-order chi connectivity index (χ0) is 11.7. The monoisotopic (exact) mass is 247 g/mol. The summed E-state index contributed by atoms with van der Waals surface area (Å²) >= 11 is 1.71. The third-order valence-corrected chi connectivity index (χ3v) is 4.57. The van der Waals surface area contributed by atoms with E-state index in [9.17, 15) is 5.11 Å². The standard InChI is InChI=1S/C14H17NOS/c16-12-5-6-13-10(9-17-14(13)7-12)8-15-11-3-1-2-4-11/h5-7,9,11,15-16H,1-4,8H2. The summed E-state index contributed by atoms with van der Waals surface area (Å²) in [5.41, 5.74) is 1.36. The first-order chi connectivity index (χ1) is 8.33. The quantitative estimate of drug-likeness (QED) is 0.868. The first-order valence-corrected chi connectivity index (χ1v) is 7.13. The van der Waals surface area contributed by atoms with E-state index in [1.54, 1.807) is 17.4 Å². The van der Waals surface area contributed by atoms with Crippen molar-refractivity contribution in [2.75, 3.05) is 0 Å². The molecule has 2 nitrogen and oxygen atoms in total. The number of thiophene rings is 1. The van der Waals surface area contributed by atoms with Gasteiger partial charge in [-0.1, -0.05) is 12.8 Å². The molecule has 2 aromatic rings. The Bertz CT molecular complexity index is 514. The van der Waals surface area contributed by atoms with Crippen molar-refractivity contribution < 1.29 is 5.11 Å². The molecule has 0 aliphatic heterocycles. The van der Waals surface area contributed by atoms with Gasteiger partial charge in [-0.05, 0) is 47.4 Å². The number of fused-ring (bicyclic) bond motifs is 1. The molecular formula is C14H17NOS. The summed E-state index contributed by atoms with van der Waals surface area (Å²) < 4.78 is 1.17. The van der Waals surface area contributed by atoms with E-state index < -0.39 is 0 Å². The maximum atomic E-state index is 9.43. The van der Waals surface area contributed by atoms with Gasteiger partial charge < -0.3 is 10.4 Å². The molecule has 1 aromatic carbocycles. The molecule has 90 valence electrons. The fraction of sp³-hybridized carbons (Fsp3) is 0.429. The SMILES string of the molecule is Oc1ccc2c(CNC3CCCC3)csc2c1. The van der Waals surface area contributed by atoms with Crippen LogP contribution in [0.4, 0.5) is 0 Å². The highest BCUT2D eigenvalue weighted by Gasteiger charge is 2.14. The largest absolute Gasteiger partial charge is 0.508 e. The molecule has 2 N–H and O–H groups in total. The predicted octanol–water partition coefficient (Wildman–Crippen LogP) is 3.64. The zero-order valence-corrected chi connectivity index (χ0v) is 10.6. The summed E-state index contributed by atoms with van der Waals surface area (Å²) in [7, 11) is 0. The van der Waals surface area contributed by atoms with E-state index in [1.807, 2.05) is 12.1 Å². The van der Waals surface area contributed by atoms with E-state index in [-0.39, 0.29) is 0 Å². The Kier molecular flexibility index (Phi) is 3.04. The van der Waals surface area contributed by atoms with Gasteiger partial charge in [0.25, 0.3) is 0 Å². The molecule has 0 bridgehead atoms. The van der Waals surface area contributed by atoms with E-state index in [0.717, 1.165) is 6.54 Å². The van der Waals surface area contributed by atoms with Gasteiger partial charge in [0, 0.05) is 17.3 Å². The topological polar surface area (TPSA) is 32.3 Å². The number of nitrogens with one attached hydrogen (secondary N) is 1. The Hall–Kier alpha value is -1.06. The van der Waals surface area contributed by atoms with Crippen molar-refractivity contribution in [3.8, 4) is 5.75 Å². The Morgan fingerprint density at radius 2 is 2.12 bits per heavy atom. The molecule has 1 fully saturated rings. The highest BCUT2D eigenvalue weighted by Crippen LogP contribution is 2.29. The van der Waals surface area contributed by atoms with E-state index in [1.165, 1.54) is 41.3 Å². The first-order valence-electron chi connectivity index (χ1n) is 6.25. The summed E-state index contributed by atoms with van der Waals surface area (Å²) in [6.45, 7) is 0.954. The molecule has 0 spiro atoms. The molecule has 1 aliphatic carbocycles. The highest BCUT2D eigenvalue weighted by molar-refractivity contribution is 7.17. The number of hydrogen-bond donors (Lipinski definition) is 2. The lowest BCUT2D eigenvalue weighted by molar-refractivity contribution is 0.476. The molecule has 1 aliphatic rings. The van der Waals surface area contributed by atoms with Crippen molar-refractivity contribution in [1.82, 2.24) is 5.32 Å². The Morgan fingerprint density at radius 3 is 2.94 bits per heavy atom. The molecule has 3 heteroatoms. The summed E-state index contributed by atoms with van der Waals surface area (Å²) in [6.07, 6.45) is 5.39. The van der Waals surface area contributed by atoms with Gasteiger partial charge in [0.15, 0.2) is 0 Å². The molecule has 17 heavy (non-hydrogen) atoms. The second kappa shape index (κ2) is 4.67. The summed E-state index contributed by atoms with van der Waals surface area (Å²) in [5.74, 6) is 0.356. The lowest BCUT2D eigenvalue weighted by atomic mass is 10.1. The first kappa shape index (κ1) is 11.1. The van der Waals surface area contributed by atoms with Crippen molar-refractivity contribution in [1.29, 1.82) is 0 Å². The van der Waals surface area contributed by atoms with Crippen LogP contribution in [0.2, 0.25) is 0 Å². The van der Waals surface area contributed by atoms with Crippen LogP contribution in [0.3, 0.4) is 0 Å². The summed E-state index contributed by atoms with van der Waals surface area (Å²) in [5, 5.41) is 16.5. The van der Waals surface area contributed by atoms with Gasteiger partial charge in [0.1, 0.15) is 5.75 Å².